The largest absolute Gasteiger partial charge is 0.481 e. The third kappa shape index (κ3) is 5.37. The van der Waals surface area contributed by atoms with Crippen molar-refractivity contribution in [2.24, 2.45) is 0 Å². The molecule has 0 atom stereocenters. The zero-order valence-corrected chi connectivity index (χ0v) is 14.7. The molecule has 1 heterocycles. The predicted octanol–water partition coefficient (Wildman–Crippen LogP) is 3.25. The van der Waals surface area contributed by atoms with Crippen LogP contribution in [-0.2, 0) is 22.5 Å². The monoisotopic (exact) mass is 333 g/mol. The first-order valence-corrected chi connectivity index (χ1v) is 8.51. The second kappa shape index (κ2) is 8.70. The summed E-state index contributed by atoms with van der Waals surface area (Å²) in [6, 6.07) is 8.43. The third-order valence-corrected chi connectivity index (χ3v) is 4.48. The van der Waals surface area contributed by atoms with Crippen molar-refractivity contribution in [1.29, 1.82) is 0 Å². The lowest BCUT2D eigenvalue weighted by atomic mass is 10.1. The number of esters is 1. The fraction of sp³-hybridized carbons (Fsp3) is 0.389. The summed E-state index contributed by atoms with van der Waals surface area (Å²) >= 11 is 1.79. The first kappa shape index (κ1) is 17.5. The molecule has 5 heteroatoms. The lowest BCUT2D eigenvalue weighted by Gasteiger charge is -2.14. The summed E-state index contributed by atoms with van der Waals surface area (Å²) < 4.78 is 10.2. The Kier molecular flexibility index (Phi) is 6.62. The number of carbonyl (C=O) groups excluding carboxylic acids is 1. The van der Waals surface area contributed by atoms with Crippen LogP contribution in [0, 0.1) is 13.8 Å². The second-order valence-electron chi connectivity index (χ2n) is 5.43. The Hall–Kier alpha value is -1.85. The van der Waals surface area contributed by atoms with Gasteiger partial charge in [-0.05, 0) is 48.4 Å². The van der Waals surface area contributed by atoms with Crippen molar-refractivity contribution in [3.8, 4) is 5.75 Å². The highest BCUT2D eigenvalue weighted by molar-refractivity contribution is 7.09. The molecule has 0 aliphatic carbocycles. The van der Waals surface area contributed by atoms with E-state index in [9.17, 15) is 4.79 Å². The van der Waals surface area contributed by atoms with E-state index in [2.05, 4.69) is 39.7 Å². The third-order valence-electron chi connectivity index (χ3n) is 3.54. The van der Waals surface area contributed by atoms with Gasteiger partial charge in [0.15, 0.2) is 6.61 Å². The van der Waals surface area contributed by atoms with Crippen LogP contribution in [0.25, 0.3) is 0 Å². The molecule has 4 nitrogen and oxygen atoms in total. The highest BCUT2D eigenvalue weighted by atomic mass is 32.1. The fourth-order valence-electron chi connectivity index (χ4n) is 2.46. The van der Waals surface area contributed by atoms with Crippen LogP contribution in [0.2, 0.25) is 0 Å². The summed E-state index contributed by atoms with van der Waals surface area (Å²) in [6.45, 7) is 5.71. The molecule has 2 rings (SSSR count). The maximum atomic E-state index is 11.2. The minimum Gasteiger partial charge on any atom is -0.481 e. The molecule has 0 saturated carbocycles. The molecule has 23 heavy (non-hydrogen) atoms. The molecule has 124 valence electrons. The van der Waals surface area contributed by atoms with E-state index in [1.165, 1.54) is 17.6 Å². The molecule has 0 bridgehead atoms. The van der Waals surface area contributed by atoms with Crippen molar-refractivity contribution in [2.75, 3.05) is 20.3 Å². The SMILES string of the molecule is COC(=O)COc1c(C)cc(CNCCc2cccs2)cc1C. The number of aryl methyl sites for hydroxylation is 2. The Morgan fingerprint density at radius 1 is 1.26 bits per heavy atom. The van der Waals surface area contributed by atoms with Crippen molar-refractivity contribution in [1.82, 2.24) is 5.32 Å². The average molecular weight is 333 g/mol. The van der Waals surface area contributed by atoms with E-state index >= 15 is 0 Å². The number of hydrogen-bond donors (Lipinski definition) is 1. The molecule has 0 saturated heterocycles. The summed E-state index contributed by atoms with van der Waals surface area (Å²) in [5, 5.41) is 5.57. The molecule has 0 radical (unpaired) electrons. The molecule has 1 aromatic carbocycles. The van der Waals surface area contributed by atoms with Crippen molar-refractivity contribution < 1.29 is 14.3 Å². The Morgan fingerprint density at radius 3 is 2.61 bits per heavy atom. The van der Waals surface area contributed by atoms with Crippen LogP contribution in [0.5, 0.6) is 5.75 Å². The molecule has 0 aliphatic heterocycles. The first-order valence-electron chi connectivity index (χ1n) is 7.63. The first-order chi connectivity index (χ1) is 11.1. The quantitative estimate of drug-likeness (QED) is 0.595. The van der Waals surface area contributed by atoms with Crippen LogP contribution >= 0.6 is 11.3 Å². The Balaban J connectivity index is 1.87. The molecule has 0 unspecified atom stereocenters. The lowest BCUT2D eigenvalue weighted by Crippen LogP contribution is -2.17. The van der Waals surface area contributed by atoms with Crippen LogP contribution in [0.1, 0.15) is 21.6 Å². The summed E-state index contributed by atoms with van der Waals surface area (Å²) in [5.74, 6) is 0.390. The van der Waals surface area contributed by atoms with Crippen molar-refractivity contribution >= 4 is 17.3 Å². The molecule has 0 amide bonds. The van der Waals surface area contributed by atoms with E-state index in [0.717, 1.165) is 36.4 Å². The number of thiophene rings is 1. The van der Waals surface area contributed by atoms with Crippen LogP contribution in [0.3, 0.4) is 0 Å². The number of carbonyl (C=O) groups is 1. The Morgan fingerprint density at radius 2 is 2.00 bits per heavy atom. The predicted molar refractivity (Wildman–Crippen MR) is 93.2 cm³/mol. The maximum absolute atomic E-state index is 11.2. The summed E-state index contributed by atoms with van der Waals surface area (Å²) in [4.78, 5) is 12.6. The van der Waals surface area contributed by atoms with Crippen molar-refractivity contribution in [3.05, 3.63) is 51.2 Å². The van der Waals surface area contributed by atoms with Crippen LogP contribution in [0.4, 0.5) is 0 Å². The van der Waals surface area contributed by atoms with Gasteiger partial charge in [-0.1, -0.05) is 18.2 Å². The summed E-state index contributed by atoms with van der Waals surface area (Å²) in [6.07, 6.45) is 1.05. The number of nitrogens with one attached hydrogen (secondary N) is 1. The van der Waals surface area contributed by atoms with Gasteiger partial charge < -0.3 is 14.8 Å². The molecular weight excluding hydrogens is 310 g/mol. The molecule has 1 aromatic heterocycles. The highest BCUT2D eigenvalue weighted by Crippen LogP contribution is 2.24. The fourth-order valence-corrected chi connectivity index (χ4v) is 3.17. The van der Waals surface area contributed by atoms with Gasteiger partial charge in [0.25, 0.3) is 0 Å². The summed E-state index contributed by atoms with van der Waals surface area (Å²) in [7, 11) is 1.36. The standard InChI is InChI=1S/C18H23NO3S/c1-13-9-15(11-19-7-6-16-5-4-8-23-16)10-14(2)18(13)22-12-17(20)21-3/h4-5,8-10,19H,6-7,11-12H2,1-3H3. The number of benzene rings is 1. The molecular formula is C18H23NO3S. The normalized spacial score (nSPS) is 10.6. The van der Waals surface area contributed by atoms with Gasteiger partial charge in [0.1, 0.15) is 5.75 Å². The molecule has 0 spiro atoms. The van der Waals surface area contributed by atoms with Crippen LogP contribution < -0.4 is 10.1 Å². The number of rotatable bonds is 8. The van der Waals surface area contributed by atoms with Crippen molar-refractivity contribution in [3.63, 3.8) is 0 Å². The van der Waals surface area contributed by atoms with E-state index in [1.807, 2.05) is 13.8 Å². The second-order valence-corrected chi connectivity index (χ2v) is 6.46. The zero-order valence-electron chi connectivity index (χ0n) is 13.8. The van der Waals surface area contributed by atoms with E-state index in [-0.39, 0.29) is 12.6 Å². The van der Waals surface area contributed by atoms with Gasteiger partial charge in [-0.3, -0.25) is 0 Å². The smallest absolute Gasteiger partial charge is 0.343 e. The van der Waals surface area contributed by atoms with Gasteiger partial charge in [0, 0.05) is 18.0 Å². The van der Waals surface area contributed by atoms with Crippen LogP contribution in [0.15, 0.2) is 29.6 Å². The van der Waals surface area contributed by atoms with Crippen LogP contribution in [-0.4, -0.2) is 26.2 Å². The van der Waals surface area contributed by atoms with Gasteiger partial charge in [0.05, 0.1) is 7.11 Å². The van der Waals surface area contributed by atoms with E-state index < -0.39 is 0 Å². The van der Waals surface area contributed by atoms with Gasteiger partial charge in [-0.15, -0.1) is 11.3 Å². The van der Waals surface area contributed by atoms with E-state index in [4.69, 9.17) is 4.74 Å². The number of ether oxygens (including phenoxy) is 2. The maximum Gasteiger partial charge on any atom is 0.343 e. The Bertz CT molecular complexity index is 615. The summed E-state index contributed by atoms with van der Waals surface area (Å²) in [5.41, 5.74) is 3.28. The van der Waals surface area contributed by atoms with Crippen molar-refractivity contribution in [2.45, 2.75) is 26.8 Å². The average Bonchev–Trinajstić information content (AvgIpc) is 3.03. The Labute approximate surface area is 141 Å². The van der Waals surface area contributed by atoms with Gasteiger partial charge >= 0.3 is 5.97 Å². The van der Waals surface area contributed by atoms with E-state index in [1.54, 1.807) is 11.3 Å². The van der Waals surface area contributed by atoms with Gasteiger partial charge in [-0.2, -0.15) is 0 Å². The zero-order chi connectivity index (χ0) is 16.7. The molecule has 0 fully saturated rings. The minimum atomic E-state index is -0.372. The molecule has 2 aromatic rings. The van der Waals surface area contributed by atoms with Gasteiger partial charge in [-0.25, -0.2) is 4.79 Å². The van der Waals surface area contributed by atoms with E-state index in [0.29, 0.717) is 0 Å². The minimum absolute atomic E-state index is 0.0589. The molecule has 0 aliphatic rings. The molecule has 1 N–H and O–H groups in total. The highest BCUT2D eigenvalue weighted by Gasteiger charge is 2.09. The number of hydrogen-bond acceptors (Lipinski definition) is 5. The topological polar surface area (TPSA) is 47.6 Å². The lowest BCUT2D eigenvalue weighted by molar-refractivity contribution is -0.142. The van der Waals surface area contributed by atoms with Gasteiger partial charge in [0.2, 0.25) is 0 Å². The number of methoxy groups -OCH3 is 1.